The predicted octanol–water partition coefficient (Wildman–Crippen LogP) is 5.26. The topological polar surface area (TPSA) is 44.4 Å². The normalized spacial score (nSPS) is 11.2. The van der Waals surface area contributed by atoms with E-state index in [1.807, 2.05) is 12.1 Å². The Morgan fingerprint density at radius 3 is 2.26 bits per heavy atom. The van der Waals surface area contributed by atoms with Crippen molar-refractivity contribution in [2.24, 2.45) is 0 Å². The largest absolute Gasteiger partial charge is 0.416 e. The molecule has 2 aromatic carbocycles. The number of carbonyl (C=O) groups excluding carboxylic acids is 1. The summed E-state index contributed by atoms with van der Waals surface area (Å²) in [7, 11) is 0. The van der Waals surface area contributed by atoms with Gasteiger partial charge in [-0.15, -0.1) is 0 Å². The molecule has 0 bridgehead atoms. The molecule has 4 nitrogen and oxygen atoms in total. The molecule has 0 unspecified atom stereocenters. The van der Waals surface area contributed by atoms with Crippen LogP contribution in [0.4, 0.5) is 30.2 Å². The first kappa shape index (κ1) is 20.9. The number of nitrogens with one attached hydrogen (secondary N) is 2. The third-order valence-electron chi connectivity index (χ3n) is 4.01. The van der Waals surface area contributed by atoms with Gasteiger partial charge < -0.3 is 15.5 Å². The van der Waals surface area contributed by atoms with Crippen LogP contribution in [-0.2, 0) is 11.0 Å². The Morgan fingerprint density at radius 2 is 1.70 bits per heavy atom. The van der Waals surface area contributed by atoms with E-state index in [9.17, 15) is 18.0 Å². The molecule has 0 radical (unpaired) electrons. The van der Waals surface area contributed by atoms with Gasteiger partial charge in [0.15, 0.2) is 0 Å². The summed E-state index contributed by atoms with van der Waals surface area (Å²) in [5.74, 6) is -0.390. The quantitative estimate of drug-likeness (QED) is 0.667. The minimum Gasteiger partial charge on any atom is -0.375 e. The molecule has 1 amide bonds. The highest BCUT2D eigenvalue weighted by Gasteiger charge is 2.30. The molecule has 0 saturated heterocycles. The number of amides is 1. The Labute approximate surface area is 161 Å². The Bertz CT molecular complexity index is 775. The maximum Gasteiger partial charge on any atom is 0.416 e. The van der Waals surface area contributed by atoms with Gasteiger partial charge in [0.2, 0.25) is 5.91 Å². The number of carbonyl (C=O) groups is 1. The fraction of sp³-hybridized carbons (Fsp3) is 0.316. The molecule has 0 fully saturated rings. The summed E-state index contributed by atoms with van der Waals surface area (Å²) in [5.41, 5.74) is 0.875. The van der Waals surface area contributed by atoms with Gasteiger partial charge in [-0.2, -0.15) is 13.2 Å². The number of hydrogen-bond acceptors (Lipinski definition) is 3. The summed E-state index contributed by atoms with van der Waals surface area (Å²) in [6.45, 7) is 5.67. The molecule has 0 heterocycles. The van der Waals surface area contributed by atoms with E-state index in [1.165, 1.54) is 0 Å². The van der Waals surface area contributed by atoms with Crippen LogP contribution < -0.4 is 15.5 Å². The summed E-state index contributed by atoms with van der Waals surface area (Å²) in [6, 6.07) is 10.3. The third-order valence-corrected chi connectivity index (χ3v) is 4.34. The lowest BCUT2D eigenvalue weighted by Crippen LogP contribution is -2.23. The first-order valence-corrected chi connectivity index (χ1v) is 8.87. The second-order valence-electron chi connectivity index (χ2n) is 5.81. The summed E-state index contributed by atoms with van der Waals surface area (Å²) in [4.78, 5) is 14.2. The second kappa shape index (κ2) is 8.99. The third kappa shape index (κ3) is 5.79. The molecule has 8 heteroatoms. The van der Waals surface area contributed by atoms with Crippen molar-refractivity contribution in [2.75, 3.05) is 35.2 Å². The van der Waals surface area contributed by atoms with Gasteiger partial charge in [-0.05, 0) is 56.3 Å². The van der Waals surface area contributed by atoms with E-state index in [2.05, 4.69) is 29.4 Å². The van der Waals surface area contributed by atoms with Crippen molar-refractivity contribution in [2.45, 2.75) is 20.0 Å². The van der Waals surface area contributed by atoms with Crippen molar-refractivity contribution in [1.82, 2.24) is 0 Å². The lowest BCUT2D eigenvalue weighted by Gasteiger charge is -2.21. The average Bonchev–Trinajstić information content (AvgIpc) is 2.62. The second-order valence-corrected chi connectivity index (χ2v) is 6.22. The van der Waals surface area contributed by atoms with E-state index in [0.717, 1.165) is 37.0 Å². The van der Waals surface area contributed by atoms with Gasteiger partial charge in [-0.3, -0.25) is 4.79 Å². The van der Waals surface area contributed by atoms with Crippen LogP contribution in [0.3, 0.4) is 0 Å². The predicted molar refractivity (Wildman–Crippen MR) is 104 cm³/mol. The van der Waals surface area contributed by atoms with E-state index in [4.69, 9.17) is 11.6 Å². The Kier molecular flexibility index (Phi) is 6.96. The Hall–Kier alpha value is -2.41. The van der Waals surface area contributed by atoms with Crippen LogP contribution in [0.25, 0.3) is 0 Å². The van der Waals surface area contributed by atoms with Crippen LogP contribution in [0.2, 0.25) is 5.02 Å². The highest BCUT2D eigenvalue weighted by Crippen LogP contribution is 2.33. The van der Waals surface area contributed by atoms with E-state index in [0.29, 0.717) is 5.69 Å². The van der Waals surface area contributed by atoms with Gasteiger partial charge in [0.25, 0.3) is 0 Å². The fourth-order valence-corrected chi connectivity index (χ4v) is 2.75. The van der Waals surface area contributed by atoms with Crippen molar-refractivity contribution in [3.63, 3.8) is 0 Å². The van der Waals surface area contributed by atoms with Gasteiger partial charge >= 0.3 is 6.18 Å². The van der Waals surface area contributed by atoms with Gasteiger partial charge in [0.1, 0.15) is 0 Å². The molecule has 0 atom stereocenters. The SMILES string of the molecule is CCN(CC)c1ccc(NC(=O)CNc2cc(C(F)(F)F)ccc2Cl)cc1. The lowest BCUT2D eigenvalue weighted by molar-refractivity contribution is -0.137. The zero-order valence-electron chi connectivity index (χ0n) is 15.0. The van der Waals surface area contributed by atoms with Crippen molar-refractivity contribution < 1.29 is 18.0 Å². The lowest BCUT2D eigenvalue weighted by atomic mass is 10.2. The number of anilines is 3. The molecule has 0 spiro atoms. The molecule has 27 heavy (non-hydrogen) atoms. The minimum absolute atomic E-state index is 0.0542. The number of halogens is 4. The van der Waals surface area contributed by atoms with Crippen molar-refractivity contribution in [3.05, 3.63) is 53.1 Å². The molecular formula is C19H21ClF3N3O. The van der Waals surface area contributed by atoms with Gasteiger partial charge in [-0.1, -0.05) is 11.6 Å². The molecule has 0 aromatic heterocycles. The van der Waals surface area contributed by atoms with Crippen LogP contribution in [0.5, 0.6) is 0 Å². The maximum atomic E-state index is 12.8. The highest BCUT2D eigenvalue weighted by molar-refractivity contribution is 6.33. The van der Waals surface area contributed by atoms with E-state index < -0.39 is 11.7 Å². The first-order chi connectivity index (χ1) is 12.7. The Balaban J connectivity index is 1.97. The molecule has 2 aromatic rings. The number of hydrogen-bond donors (Lipinski definition) is 2. The number of alkyl halides is 3. The van der Waals surface area contributed by atoms with E-state index in [1.54, 1.807) is 12.1 Å². The fourth-order valence-electron chi connectivity index (χ4n) is 2.56. The van der Waals surface area contributed by atoms with Crippen LogP contribution in [0.15, 0.2) is 42.5 Å². The zero-order chi connectivity index (χ0) is 20.0. The Morgan fingerprint density at radius 1 is 1.07 bits per heavy atom. The summed E-state index contributed by atoms with van der Waals surface area (Å²) < 4.78 is 38.3. The van der Waals surface area contributed by atoms with E-state index >= 15 is 0 Å². The smallest absolute Gasteiger partial charge is 0.375 e. The number of rotatable bonds is 7. The molecule has 0 aliphatic carbocycles. The van der Waals surface area contributed by atoms with Gasteiger partial charge in [0.05, 0.1) is 22.8 Å². The molecule has 0 aliphatic rings. The monoisotopic (exact) mass is 399 g/mol. The van der Waals surface area contributed by atoms with E-state index in [-0.39, 0.29) is 23.2 Å². The molecule has 2 rings (SSSR count). The zero-order valence-corrected chi connectivity index (χ0v) is 15.8. The maximum absolute atomic E-state index is 12.8. The highest BCUT2D eigenvalue weighted by atomic mass is 35.5. The summed E-state index contributed by atoms with van der Waals surface area (Å²) in [6.07, 6.45) is -4.48. The molecular weight excluding hydrogens is 379 g/mol. The van der Waals surface area contributed by atoms with Crippen LogP contribution in [0, 0.1) is 0 Å². The molecule has 0 aliphatic heterocycles. The number of nitrogens with zero attached hydrogens (tertiary/aromatic N) is 1. The van der Waals surface area contributed by atoms with Gasteiger partial charge in [0, 0.05) is 24.5 Å². The van der Waals surface area contributed by atoms with Crippen molar-refractivity contribution in [3.8, 4) is 0 Å². The van der Waals surface area contributed by atoms with Crippen molar-refractivity contribution >= 4 is 34.6 Å². The molecule has 146 valence electrons. The average molecular weight is 400 g/mol. The summed E-state index contributed by atoms with van der Waals surface area (Å²) >= 11 is 5.90. The minimum atomic E-state index is -4.48. The summed E-state index contributed by atoms with van der Waals surface area (Å²) in [5, 5.41) is 5.45. The van der Waals surface area contributed by atoms with Crippen LogP contribution in [-0.4, -0.2) is 25.5 Å². The molecule has 2 N–H and O–H groups in total. The van der Waals surface area contributed by atoms with Crippen molar-refractivity contribution in [1.29, 1.82) is 0 Å². The standard InChI is InChI=1S/C19H21ClF3N3O/c1-3-26(4-2)15-8-6-14(7-9-15)25-18(27)12-24-17-11-13(19(21,22)23)5-10-16(17)20/h5-11,24H,3-4,12H2,1-2H3,(H,25,27). The van der Waals surface area contributed by atoms with Crippen LogP contribution in [0.1, 0.15) is 19.4 Å². The first-order valence-electron chi connectivity index (χ1n) is 8.50. The van der Waals surface area contributed by atoms with Gasteiger partial charge in [-0.25, -0.2) is 0 Å². The number of benzene rings is 2. The molecule has 0 saturated carbocycles. The van der Waals surface area contributed by atoms with Crippen LogP contribution >= 0.6 is 11.6 Å².